The normalized spacial score (nSPS) is 24.7. The first kappa shape index (κ1) is 14.9. The van der Waals surface area contributed by atoms with E-state index in [-0.39, 0.29) is 17.3 Å². The van der Waals surface area contributed by atoms with Gasteiger partial charge in [0.2, 0.25) is 0 Å². The number of ether oxygens (including phenoxy) is 2. The summed E-state index contributed by atoms with van der Waals surface area (Å²) in [5.41, 5.74) is 0.665. The zero-order chi connectivity index (χ0) is 14.7. The van der Waals surface area contributed by atoms with Crippen molar-refractivity contribution in [1.82, 2.24) is 0 Å². The Morgan fingerprint density at radius 1 is 1.33 bits per heavy atom. The molecule has 3 rings (SSSR count). The molecule has 4 heteroatoms. The predicted octanol–water partition coefficient (Wildman–Crippen LogP) is 3.57. The van der Waals surface area contributed by atoms with Gasteiger partial charge in [0.1, 0.15) is 5.75 Å². The van der Waals surface area contributed by atoms with Crippen LogP contribution in [0.15, 0.2) is 24.3 Å². The van der Waals surface area contributed by atoms with Gasteiger partial charge in [-0.1, -0.05) is 12.1 Å². The lowest BCUT2D eigenvalue weighted by atomic mass is 9.78. The fourth-order valence-corrected chi connectivity index (χ4v) is 4.65. The molecule has 21 heavy (non-hydrogen) atoms. The topological polar surface area (TPSA) is 35.5 Å². The molecule has 2 aliphatic heterocycles. The number of methoxy groups -OCH3 is 1. The van der Waals surface area contributed by atoms with E-state index < -0.39 is 0 Å². The Morgan fingerprint density at radius 3 is 2.86 bits per heavy atom. The summed E-state index contributed by atoms with van der Waals surface area (Å²) >= 11 is 1.99. The Bertz CT molecular complexity index is 503. The highest BCUT2D eigenvalue weighted by atomic mass is 32.2. The minimum absolute atomic E-state index is 0.0498. The quantitative estimate of drug-likeness (QED) is 0.800. The van der Waals surface area contributed by atoms with E-state index in [1.807, 2.05) is 36.0 Å². The third-order valence-electron chi connectivity index (χ3n) is 4.64. The van der Waals surface area contributed by atoms with E-state index in [2.05, 4.69) is 0 Å². The highest BCUT2D eigenvalue weighted by Gasteiger charge is 2.41. The number of benzene rings is 1. The van der Waals surface area contributed by atoms with Gasteiger partial charge < -0.3 is 9.47 Å². The van der Waals surface area contributed by atoms with Crippen LogP contribution in [0.25, 0.3) is 0 Å². The van der Waals surface area contributed by atoms with Gasteiger partial charge >= 0.3 is 0 Å². The predicted molar refractivity (Wildman–Crippen MR) is 85.3 cm³/mol. The van der Waals surface area contributed by atoms with Crippen molar-refractivity contribution in [3.63, 3.8) is 0 Å². The van der Waals surface area contributed by atoms with Crippen LogP contribution in [0.5, 0.6) is 5.75 Å². The van der Waals surface area contributed by atoms with E-state index in [1.165, 1.54) is 0 Å². The van der Waals surface area contributed by atoms with Crippen molar-refractivity contribution in [2.24, 2.45) is 5.92 Å². The van der Waals surface area contributed by atoms with Gasteiger partial charge in [-0.2, -0.15) is 11.8 Å². The molecule has 0 radical (unpaired) electrons. The van der Waals surface area contributed by atoms with Gasteiger partial charge in [-0.3, -0.25) is 4.79 Å². The fraction of sp³-hybridized carbons (Fsp3) is 0.588. The lowest BCUT2D eigenvalue weighted by Crippen LogP contribution is -2.44. The van der Waals surface area contributed by atoms with Crippen molar-refractivity contribution in [1.29, 1.82) is 0 Å². The van der Waals surface area contributed by atoms with Crippen molar-refractivity contribution in [3.8, 4) is 5.75 Å². The SMILES string of the molecule is COc1ccccc1C(=O)C1CCOC2(CCSCC2)C1. The summed E-state index contributed by atoms with van der Waals surface area (Å²) in [6, 6.07) is 7.54. The van der Waals surface area contributed by atoms with E-state index in [9.17, 15) is 4.79 Å². The lowest BCUT2D eigenvalue weighted by molar-refractivity contribution is -0.0959. The molecule has 1 aromatic rings. The van der Waals surface area contributed by atoms with Gasteiger partial charge in [-0.05, 0) is 49.3 Å². The molecule has 3 nitrogen and oxygen atoms in total. The van der Waals surface area contributed by atoms with Gasteiger partial charge in [0.15, 0.2) is 5.78 Å². The molecule has 0 aromatic heterocycles. The van der Waals surface area contributed by atoms with Crippen LogP contribution in [0, 0.1) is 5.92 Å². The molecule has 0 aliphatic carbocycles. The molecule has 2 fully saturated rings. The highest BCUT2D eigenvalue weighted by Crippen LogP contribution is 2.41. The molecule has 0 saturated carbocycles. The number of carbonyl (C=O) groups is 1. The molecule has 1 spiro atoms. The van der Waals surface area contributed by atoms with Crippen LogP contribution in [0.1, 0.15) is 36.0 Å². The molecule has 2 aliphatic rings. The Labute approximate surface area is 130 Å². The van der Waals surface area contributed by atoms with E-state index in [4.69, 9.17) is 9.47 Å². The third-order valence-corrected chi connectivity index (χ3v) is 5.63. The maximum atomic E-state index is 12.9. The van der Waals surface area contributed by atoms with Gasteiger partial charge in [-0.25, -0.2) is 0 Å². The zero-order valence-corrected chi connectivity index (χ0v) is 13.3. The monoisotopic (exact) mass is 306 g/mol. The van der Waals surface area contributed by atoms with Crippen molar-refractivity contribution < 1.29 is 14.3 Å². The molecule has 2 saturated heterocycles. The molecule has 0 N–H and O–H groups in total. The molecule has 2 heterocycles. The van der Waals surface area contributed by atoms with Gasteiger partial charge in [0.05, 0.1) is 18.3 Å². The second-order valence-corrected chi connectivity index (χ2v) is 7.12. The van der Waals surface area contributed by atoms with Crippen molar-refractivity contribution in [3.05, 3.63) is 29.8 Å². The Hall–Kier alpha value is -1.00. The van der Waals surface area contributed by atoms with E-state index in [1.54, 1.807) is 7.11 Å². The van der Waals surface area contributed by atoms with Crippen LogP contribution >= 0.6 is 11.8 Å². The number of ketones is 1. The van der Waals surface area contributed by atoms with E-state index >= 15 is 0 Å². The second kappa shape index (κ2) is 6.41. The molecular weight excluding hydrogens is 284 g/mol. The smallest absolute Gasteiger partial charge is 0.169 e. The van der Waals surface area contributed by atoms with Crippen molar-refractivity contribution >= 4 is 17.5 Å². The van der Waals surface area contributed by atoms with E-state index in [0.29, 0.717) is 17.9 Å². The second-order valence-electron chi connectivity index (χ2n) is 5.90. The largest absolute Gasteiger partial charge is 0.496 e. The minimum Gasteiger partial charge on any atom is -0.496 e. The Balaban J connectivity index is 1.78. The number of thioether (sulfide) groups is 1. The number of para-hydroxylation sites is 1. The number of hydrogen-bond donors (Lipinski definition) is 0. The van der Waals surface area contributed by atoms with Gasteiger partial charge in [0, 0.05) is 12.5 Å². The van der Waals surface area contributed by atoms with Crippen LogP contribution in [0.4, 0.5) is 0 Å². The van der Waals surface area contributed by atoms with Crippen molar-refractivity contribution in [2.45, 2.75) is 31.3 Å². The molecule has 114 valence electrons. The number of carbonyl (C=O) groups excluding carboxylic acids is 1. The van der Waals surface area contributed by atoms with Crippen LogP contribution in [-0.4, -0.2) is 36.6 Å². The summed E-state index contributed by atoms with van der Waals surface area (Å²) in [5.74, 6) is 3.26. The molecule has 1 atom stereocenters. The first-order valence-corrected chi connectivity index (χ1v) is 8.78. The summed E-state index contributed by atoms with van der Waals surface area (Å²) in [5, 5.41) is 0. The Morgan fingerprint density at radius 2 is 2.10 bits per heavy atom. The maximum Gasteiger partial charge on any atom is 0.169 e. The highest BCUT2D eigenvalue weighted by molar-refractivity contribution is 7.99. The first-order valence-electron chi connectivity index (χ1n) is 7.63. The minimum atomic E-state index is -0.0498. The molecule has 1 aromatic carbocycles. The van der Waals surface area contributed by atoms with Crippen LogP contribution in [0.2, 0.25) is 0 Å². The third kappa shape index (κ3) is 3.11. The van der Waals surface area contributed by atoms with Crippen molar-refractivity contribution in [2.75, 3.05) is 25.2 Å². The van der Waals surface area contributed by atoms with Gasteiger partial charge in [-0.15, -0.1) is 0 Å². The lowest BCUT2D eigenvalue weighted by Gasteiger charge is -2.43. The summed E-state index contributed by atoms with van der Waals surface area (Å²) in [6.45, 7) is 0.705. The molecular formula is C17H22O3S. The summed E-state index contributed by atoms with van der Waals surface area (Å²) in [6.07, 6.45) is 3.84. The Kier molecular flexibility index (Phi) is 4.55. The molecule has 0 bridgehead atoms. The number of hydrogen-bond acceptors (Lipinski definition) is 4. The summed E-state index contributed by atoms with van der Waals surface area (Å²) in [7, 11) is 1.62. The average Bonchev–Trinajstić information content (AvgIpc) is 2.55. The maximum absolute atomic E-state index is 12.9. The number of Topliss-reactive ketones (excluding diaryl/α,β-unsaturated/α-hetero) is 1. The van der Waals surface area contributed by atoms with Crippen LogP contribution in [-0.2, 0) is 4.74 Å². The standard InChI is InChI=1S/C17H22O3S/c1-19-15-5-3-2-4-14(15)16(18)13-6-9-20-17(12-13)7-10-21-11-8-17/h2-5,13H,6-12H2,1H3. The molecule has 0 amide bonds. The first-order chi connectivity index (χ1) is 10.2. The summed E-state index contributed by atoms with van der Waals surface area (Å²) < 4.78 is 11.4. The zero-order valence-electron chi connectivity index (χ0n) is 12.5. The van der Waals surface area contributed by atoms with Crippen LogP contribution < -0.4 is 4.74 Å². The van der Waals surface area contributed by atoms with Crippen LogP contribution in [0.3, 0.4) is 0 Å². The molecule has 1 unspecified atom stereocenters. The van der Waals surface area contributed by atoms with E-state index in [0.717, 1.165) is 37.2 Å². The summed E-state index contributed by atoms with van der Waals surface area (Å²) in [4.78, 5) is 12.9. The fourth-order valence-electron chi connectivity index (χ4n) is 3.41. The average molecular weight is 306 g/mol. The number of rotatable bonds is 3. The van der Waals surface area contributed by atoms with Gasteiger partial charge in [0.25, 0.3) is 0 Å².